The summed E-state index contributed by atoms with van der Waals surface area (Å²) in [6.45, 7) is 0.0313. The van der Waals surface area contributed by atoms with Crippen LogP contribution in [0.4, 0.5) is 8.78 Å². The van der Waals surface area contributed by atoms with Crippen LogP contribution in [0.25, 0.3) is 0 Å². The Labute approximate surface area is 113 Å². The van der Waals surface area contributed by atoms with Gasteiger partial charge < -0.3 is 15.4 Å². The second kappa shape index (κ2) is 8.43. The number of carbonyl (C=O) groups is 1. The number of alkyl halides is 2. The molecule has 1 rings (SSSR count). The number of ether oxygens (including phenoxy) is 1. The van der Waals surface area contributed by atoms with E-state index in [-0.39, 0.29) is 25.0 Å². The molecule has 0 aromatic rings. The van der Waals surface area contributed by atoms with Crippen molar-refractivity contribution in [1.82, 2.24) is 4.90 Å². The molecule has 1 aliphatic carbocycles. The molecule has 2 N–H and O–H groups in total. The van der Waals surface area contributed by atoms with Crippen LogP contribution in [0.5, 0.6) is 0 Å². The lowest BCUT2D eigenvalue weighted by Gasteiger charge is -2.37. The Hall–Kier alpha value is -0.750. The van der Waals surface area contributed by atoms with E-state index in [1.54, 1.807) is 11.9 Å². The maximum Gasteiger partial charge on any atom is 0.261 e. The largest absolute Gasteiger partial charge is 0.375 e. The number of halogens is 2. The molecule has 19 heavy (non-hydrogen) atoms. The third kappa shape index (κ3) is 5.40. The Bertz CT molecular complexity index is 277. The first-order valence-corrected chi connectivity index (χ1v) is 6.88. The second-order valence-electron chi connectivity index (χ2n) is 5.07. The summed E-state index contributed by atoms with van der Waals surface area (Å²) in [6.07, 6.45) is 1.98. The first-order valence-electron chi connectivity index (χ1n) is 6.88. The van der Waals surface area contributed by atoms with Gasteiger partial charge in [0.15, 0.2) is 0 Å². The van der Waals surface area contributed by atoms with E-state index in [1.807, 2.05) is 0 Å². The van der Waals surface area contributed by atoms with E-state index in [0.29, 0.717) is 12.5 Å². The van der Waals surface area contributed by atoms with Crippen LogP contribution >= 0.6 is 0 Å². The van der Waals surface area contributed by atoms with Crippen molar-refractivity contribution in [3.8, 4) is 0 Å². The summed E-state index contributed by atoms with van der Waals surface area (Å²) >= 11 is 0. The topological polar surface area (TPSA) is 55.6 Å². The molecule has 6 heteroatoms. The van der Waals surface area contributed by atoms with Crippen LogP contribution in [0.15, 0.2) is 0 Å². The molecule has 0 aliphatic heterocycles. The number of hydrogen-bond acceptors (Lipinski definition) is 3. The highest BCUT2D eigenvalue weighted by Gasteiger charge is 2.29. The van der Waals surface area contributed by atoms with Crippen LogP contribution in [0.2, 0.25) is 0 Å². The molecule has 1 amide bonds. The van der Waals surface area contributed by atoms with Crippen molar-refractivity contribution in [1.29, 1.82) is 0 Å². The van der Waals surface area contributed by atoms with Gasteiger partial charge in [-0.25, -0.2) is 8.78 Å². The van der Waals surface area contributed by atoms with Gasteiger partial charge in [-0.1, -0.05) is 12.8 Å². The molecule has 2 unspecified atom stereocenters. The summed E-state index contributed by atoms with van der Waals surface area (Å²) in [4.78, 5) is 13.7. The van der Waals surface area contributed by atoms with Gasteiger partial charge in [-0.15, -0.1) is 0 Å². The van der Waals surface area contributed by atoms with Crippen molar-refractivity contribution >= 4 is 5.91 Å². The average Bonchev–Trinajstić information content (AvgIpc) is 2.42. The summed E-state index contributed by atoms with van der Waals surface area (Å²) < 4.78 is 28.5. The Balaban J connectivity index is 2.33. The predicted octanol–water partition coefficient (Wildman–Crippen LogP) is 1.63. The number of hydrogen-bond donors (Lipinski definition) is 1. The minimum Gasteiger partial charge on any atom is -0.375 e. The molecular weight excluding hydrogens is 254 g/mol. The summed E-state index contributed by atoms with van der Waals surface area (Å²) in [5.41, 5.74) is 5.74. The van der Waals surface area contributed by atoms with E-state index in [1.165, 1.54) is 0 Å². The molecule has 0 saturated heterocycles. The number of carbonyl (C=O) groups excluding carboxylic acids is 1. The van der Waals surface area contributed by atoms with Crippen LogP contribution in [-0.4, -0.2) is 50.1 Å². The highest BCUT2D eigenvalue weighted by molar-refractivity contribution is 5.76. The molecule has 1 fully saturated rings. The molecule has 112 valence electrons. The van der Waals surface area contributed by atoms with E-state index in [4.69, 9.17) is 10.5 Å². The molecule has 0 spiro atoms. The van der Waals surface area contributed by atoms with Crippen LogP contribution in [-0.2, 0) is 9.53 Å². The zero-order valence-electron chi connectivity index (χ0n) is 11.5. The smallest absolute Gasteiger partial charge is 0.261 e. The van der Waals surface area contributed by atoms with E-state index in [9.17, 15) is 13.6 Å². The van der Waals surface area contributed by atoms with Crippen LogP contribution in [0, 0.1) is 5.92 Å². The first kappa shape index (κ1) is 16.3. The highest BCUT2D eigenvalue weighted by Crippen LogP contribution is 2.27. The average molecular weight is 278 g/mol. The third-order valence-electron chi connectivity index (χ3n) is 3.77. The number of amides is 1. The first-order chi connectivity index (χ1) is 9.06. The summed E-state index contributed by atoms with van der Waals surface area (Å²) in [5.74, 6) is 0.296. The molecule has 1 aliphatic rings. The van der Waals surface area contributed by atoms with Gasteiger partial charge in [0, 0.05) is 13.1 Å². The van der Waals surface area contributed by atoms with E-state index >= 15 is 0 Å². The Kier molecular flexibility index (Phi) is 7.23. The fourth-order valence-electron chi connectivity index (χ4n) is 2.67. The van der Waals surface area contributed by atoms with Gasteiger partial charge in [0.2, 0.25) is 5.91 Å². The summed E-state index contributed by atoms with van der Waals surface area (Å²) in [6, 6.07) is 0.182. The molecule has 4 nitrogen and oxygen atoms in total. The van der Waals surface area contributed by atoms with Gasteiger partial charge in [-0.2, -0.15) is 0 Å². The molecular formula is C13H24F2N2O2. The fourth-order valence-corrected chi connectivity index (χ4v) is 2.67. The van der Waals surface area contributed by atoms with Gasteiger partial charge in [-0.3, -0.25) is 4.79 Å². The minimum absolute atomic E-state index is 0.0491. The fraction of sp³-hybridized carbons (Fsp3) is 0.923. The number of nitrogens with two attached hydrogens (primary N) is 1. The lowest BCUT2D eigenvalue weighted by Crippen LogP contribution is -2.46. The van der Waals surface area contributed by atoms with Gasteiger partial charge in [-0.05, 0) is 25.3 Å². The lowest BCUT2D eigenvalue weighted by atomic mass is 9.83. The van der Waals surface area contributed by atoms with Crippen molar-refractivity contribution in [2.24, 2.45) is 11.7 Å². The normalized spacial score (nSPS) is 23.6. The van der Waals surface area contributed by atoms with Crippen molar-refractivity contribution < 1.29 is 18.3 Å². The molecule has 1 saturated carbocycles. The Morgan fingerprint density at radius 1 is 1.42 bits per heavy atom. The molecule has 2 atom stereocenters. The maximum absolute atomic E-state index is 12.0. The van der Waals surface area contributed by atoms with Crippen molar-refractivity contribution in [3.63, 3.8) is 0 Å². The van der Waals surface area contributed by atoms with Crippen LogP contribution in [0.1, 0.15) is 32.1 Å². The zero-order valence-corrected chi connectivity index (χ0v) is 11.5. The monoisotopic (exact) mass is 278 g/mol. The summed E-state index contributed by atoms with van der Waals surface area (Å²) in [7, 11) is 1.77. The van der Waals surface area contributed by atoms with E-state index in [2.05, 4.69) is 0 Å². The standard InChI is InChI=1S/C13H24F2N2O2/c1-17(11-5-3-2-4-10(11)8-16)13(18)6-7-19-9-12(14)15/h10-12H,2-9,16H2,1H3. The van der Waals surface area contributed by atoms with E-state index < -0.39 is 13.0 Å². The SMILES string of the molecule is CN(C(=O)CCOCC(F)F)C1CCCCC1CN. The van der Waals surface area contributed by atoms with Crippen molar-refractivity contribution in [3.05, 3.63) is 0 Å². The number of nitrogens with zero attached hydrogens (tertiary/aromatic N) is 1. The Morgan fingerprint density at radius 3 is 2.74 bits per heavy atom. The summed E-state index contributed by atoms with van der Waals surface area (Å²) in [5, 5.41) is 0. The predicted molar refractivity (Wildman–Crippen MR) is 69.0 cm³/mol. The molecule has 0 radical (unpaired) electrons. The molecule has 0 heterocycles. The Morgan fingerprint density at radius 2 is 2.11 bits per heavy atom. The quantitative estimate of drug-likeness (QED) is 0.720. The van der Waals surface area contributed by atoms with Gasteiger partial charge in [0.25, 0.3) is 6.43 Å². The van der Waals surface area contributed by atoms with Crippen molar-refractivity contribution in [2.45, 2.75) is 44.6 Å². The number of rotatable bonds is 7. The lowest BCUT2D eigenvalue weighted by molar-refractivity contribution is -0.135. The van der Waals surface area contributed by atoms with Gasteiger partial charge in [0.05, 0.1) is 13.0 Å². The molecule has 0 aromatic carbocycles. The zero-order chi connectivity index (χ0) is 14.3. The molecule has 0 aromatic heterocycles. The van der Waals surface area contributed by atoms with Crippen molar-refractivity contribution in [2.75, 3.05) is 26.8 Å². The molecule has 0 bridgehead atoms. The minimum atomic E-state index is -2.48. The van der Waals surface area contributed by atoms with Crippen LogP contribution < -0.4 is 5.73 Å². The highest BCUT2D eigenvalue weighted by atomic mass is 19.3. The van der Waals surface area contributed by atoms with E-state index in [0.717, 1.165) is 25.7 Å². The second-order valence-corrected chi connectivity index (χ2v) is 5.07. The van der Waals surface area contributed by atoms with Gasteiger partial charge in [0.1, 0.15) is 6.61 Å². The van der Waals surface area contributed by atoms with Crippen LogP contribution in [0.3, 0.4) is 0 Å². The maximum atomic E-state index is 12.0. The third-order valence-corrected chi connectivity index (χ3v) is 3.77. The van der Waals surface area contributed by atoms with Gasteiger partial charge >= 0.3 is 0 Å².